The van der Waals surface area contributed by atoms with Gasteiger partial charge in [-0.3, -0.25) is 4.79 Å². The van der Waals surface area contributed by atoms with Gasteiger partial charge in [-0.25, -0.2) is 4.98 Å². The molecular weight excluding hydrogens is 318 g/mol. The van der Waals surface area contributed by atoms with Gasteiger partial charge >= 0.3 is 0 Å². The van der Waals surface area contributed by atoms with Crippen LogP contribution in [0.2, 0.25) is 0 Å². The van der Waals surface area contributed by atoms with Crippen molar-refractivity contribution in [2.24, 2.45) is 5.73 Å². The number of rotatable bonds is 7. The second-order valence-corrected chi connectivity index (χ2v) is 5.87. The number of hydrogen-bond donors (Lipinski definition) is 2. The van der Waals surface area contributed by atoms with Gasteiger partial charge in [0.05, 0.1) is 0 Å². The van der Waals surface area contributed by atoms with Crippen molar-refractivity contribution < 1.29 is 13.9 Å². The molecule has 6 heteroatoms. The summed E-state index contributed by atoms with van der Waals surface area (Å²) in [6.07, 6.45) is 0. The molecule has 25 heavy (non-hydrogen) atoms. The average molecular weight is 339 g/mol. The molecule has 0 radical (unpaired) electrons. The number of nitrogens with zero attached hydrogens (tertiary/aromatic N) is 1. The fraction of sp³-hybridized carbons (Fsp3) is 0.263. The summed E-state index contributed by atoms with van der Waals surface area (Å²) in [6, 6.07) is 13.6. The van der Waals surface area contributed by atoms with Gasteiger partial charge in [-0.05, 0) is 35.7 Å². The van der Waals surface area contributed by atoms with E-state index in [1.54, 1.807) is 0 Å². The van der Waals surface area contributed by atoms with E-state index in [2.05, 4.69) is 10.3 Å². The van der Waals surface area contributed by atoms with E-state index in [1.807, 2.05) is 49.4 Å². The Morgan fingerprint density at radius 1 is 1.24 bits per heavy atom. The number of aryl methyl sites for hydroxylation is 1. The molecule has 0 bridgehead atoms. The molecule has 0 atom stereocenters. The smallest absolute Gasteiger partial charge is 0.246 e. The SMILES string of the molecule is Cc1ccc2oc(COCC(=O)NCc3cccc(CN)c3)nc2c1. The van der Waals surface area contributed by atoms with Gasteiger partial charge in [-0.1, -0.05) is 30.3 Å². The molecule has 3 aromatic rings. The monoisotopic (exact) mass is 339 g/mol. The van der Waals surface area contributed by atoms with Crippen molar-refractivity contribution in [2.45, 2.75) is 26.6 Å². The van der Waals surface area contributed by atoms with Crippen LogP contribution in [0, 0.1) is 6.92 Å². The zero-order valence-electron chi connectivity index (χ0n) is 14.1. The molecule has 0 saturated heterocycles. The van der Waals surface area contributed by atoms with Gasteiger partial charge in [0.1, 0.15) is 18.7 Å². The highest BCUT2D eigenvalue weighted by molar-refractivity contribution is 5.77. The van der Waals surface area contributed by atoms with Crippen LogP contribution in [-0.2, 0) is 29.2 Å². The number of oxazole rings is 1. The molecule has 0 unspecified atom stereocenters. The normalized spacial score (nSPS) is 11.0. The van der Waals surface area contributed by atoms with E-state index in [0.717, 1.165) is 22.2 Å². The molecule has 0 aliphatic rings. The Morgan fingerprint density at radius 3 is 2.92 bits per heavy atom. The molecule has 0 spiro atoms. The van der Waals surface area contributed by atoms with Crippen LogP contribution in [0.4, 0.5) is 0 Å². The molecule has 0 fully saturated rings. The van der Waals surface area contributed by atoms with Crippen molar-refractivity contribution in [1.29, 1.82) is 0 Å². The second-order valence-electron chi connectivity index (χ2n) is 5.87. The third-order valence-corrected chi connectivity index (χ3v) is 3.76. The molecule has 0 aliphatic heterocycles. The van der Waals surface area contributed by atoms with Gasteiger partial charge < -0.3 is 20.2 Å². The third-order valence-electron chi connectivity index (χ3n) is 3.76. The highest BCUT2D eigenvalue weighted by Gasteiger charge is 2.08. The van der Waals surface area contributed by atoms with E-state index < -0.39 is 0 Å². The summed E-state index contributed by atoms with van der Waals surface area (Å²) in [6.45, 7) is 3.03. The highest BCUT2D eigenvalue weighted by atomic mass is 16.5. The van der Waals surface area contributed by atoms with Crippen molar-refractivity contribution in [3.63, 3.8) is 0 Å². The van der Waals surface area contributed by atoms with Crippen LogP contribution in [0.1, 0.15) is 22.6 Å². The van der Waals surface area contributed by atoms with Gasteiger partial charge in [0, 0.05) is 13.1 Å². The minimum Gasteiger partial charge on any atom is -0.438 e. The van der Waals surface area contributed by atoms with Crippen LogP contribution < -0.4 is 11.1 Å². The third kappa shape index (κ3) is 4.65. The van der Waals surface area contributed by atoms with Gasteiger partial charge in [-0.2, -0.15) is 0 Å². The summed E-state index contributed by atoms with van der Waals surface area (Å²) in [5.41, 5.74) is 10.3. The summed E-state index contributed by atoms with van der Waals surface area (Å²) in [7, 11) is 0. The molecule has 130 valence electrons. The quantitative estimate of drug-likeness (QED) is 0.690. The minimum absolute atomic E-state index is 0.0473. The van der Waals surface area contributed by atoms with E-state index in [1.165, 1.54) is 0 Å². The Labute approximate surface area is 146 Å². The maximum atomic E-state index is 11.9. The van der Waals surface area contributed by atoms with Gasteiger partial charge in [0.2, 0.25) is 11.8 Å². The van der Waals surface area contributed by atoms with Crippen LogP contribution in [0.15, 0.2) is 46.9 Å². The number of aromatic nitrogens is 1. The fourth-order valence-corrected chi connectivity index (χ4v) is 2.50. The predicted octanol–water partition coefficient (Wildman–Crippen LogP) is 2.43. The summed E-state index contributed by atoms with van der Waals surface area (Å²) < 4.78 is 11.0. The summed E-state index contributed by atoms with van der Waals surface area (Å²) in [5.74, 6) is 0.272. The fourth-order valence-electron chi connectivity index (χ4n) is 2.50. The Balaban J connectivity index is 1.45. The number of benzene rings is 2. The maximum absolute atomic E-state index is 11.9. The van der Waals surface area contributed by atoms with E-state index in [-0.39, 0.29) is 19.1 Å². The maximum Gasteiger partial charge on any atom is 0.246 e. The average Bonchev–Trinajstić information content (AvgIpc) is 3.02. The molecule has 3 rings (SSSR count). The van der Waals surface area contributed by atoms with Gasteiger partial charge in [0.15, 0.2) is 5.58 Å². The first-order valence-corrected chi connectivity index (χ1v) is 8.12. The zero-order chi connectivity index (χ0) is 17.6. The summed E-state index contributed by atoms with van der Waals surface area (Å²) in [4.78, 5) is 16.2. The lowest BCUT2D eigenvalue weighted by Crippen LogP contribution is -2.27. The number of ether oxygens (including phenoxy) is 1. The number of amides is 1. The summed E-state index contributed by atoms with van der Waals surface area (Å²) in [5, 5.41) is 2.81. The zero-order valence-corrected chi connectivity index (χ0v) is 14.1. The first-order valence-electron chi connectivity index (χ1n) is 8.12. The Morgan fingerprint density at radius 2 is 2.08 bits per heavy atom. The van der Waals surface area contributed by atoms with E-state index >= 15 is 0 Å². The minimum atomic E-state index is -0.190. The predicted molar refractivity (Wildman–Crippen MR) is 94.6 cm³/mol. The van der Waals surface area contributed by atoms with Crippen LogP contribution >= 0.6 is 0 Å². The van der Waals surface area contributed by atoms with E-state index in [0.29, 0.717) is 24.6 Å². The van der Waals surface area contributed by atoms with Crippen LogP contribution in [-0.4, -0.2) is 17.5 Å². The van der Waals surface area contributed by atoms with Crippen molar-refractivity contribution in [3.05, 3.63) is 65.0 Å². The Hall–Kier alpha value is -2.70. The molecule has 0 aliphatic carbocycles. The van der Waals surface area contributed by atoms with Crippen LogP contribution in [0.5, 0.6) is 0 Å². The lowest BCUT2D eigenvalue weighted by Gasteiger charge is -2.06. The largest absolute Gasteiger partial charge is 0.438 e. The lowest BCUT2D eigenvalue weighted by atomic mass is 10.1. The number of nitrogens with two attached hydrogens (primary N) is 1. The topological polar surface area (TPSA) is 90.4 Å². The molecule has 1 amide bonds. The van der Waals surface area contributed by atoms with Crippen molar-refractivity contribution in [1.82, 2.24) is 10.3 Å². The second kappa shape index (κ2) is 7.92. The first-order chi connectivity index (χ1) is 12.1. The number of fused-ring (bicyclic) bond motifs is 1. The summed E-state index contributed by atoms with van der Waals surface area (Å²) >= 11 is 0. The molecule has 1 heterocycles. The number of nitrogens with one attached hydrogen (secondary N) is 1. The molecule has 3 N–H and O–H groups in total. The highest BCUT2D eigenvalue weighted by Crippen LogP contribution is 2.17. The Bertz CT molecular complexity index is 873. The van der Waals surface area contributed by atoms with Crippen molar-refractivity contribution >= 4 is 17.0 Å². The molecule has 6 nitrogen and oxygen atoms in total. The number of hydrogen-bond acceptors (Lipinski definition) is 5. The standard InChI is InChI=1S/C19H21N3O3/c1-13-5-6-17-16(7-13)22-19(25-17)12-24-11-18(23)21-10-15-4-2-3-14(8-15)9-20/h2-8H,9-12,20H2,1H3,(H,21,23). The van der Waals surface area contributed by atoms with E-state index in [4.69, 9.17) is 14.9 Å². The molecular formula is C19H21N3O3. The van der Waals surface area contributed by atoms with Gasteiger partial charge in [-0.15, -0.1) is 0 Å². The molecule has 0 saturated carbocycles. The van der Waals surface area contributed by atoms with E-state index in [9.17, 15) is 4.79 Å². The molecule has 2 aromatic carbocycles. The van der Waals surface area contributed by atoms with Crippen molar-refractivity contribution in [3.8, 4) is 0 Å². The lowest BCUT2D eigenvalue weighted by molar-refractivity contribution is -0.126. The number of carbonyl (C=O) groups is 1. The Kier molecular flexibility index (Phi) is 5.42. The molecule has 1 aromatic heterocycles. The first kappa shape index (κ1) is 17.1. The van der Waals surface area contributed by atoms with Crippen LogP contribution in [0.25, 0.3) is 11.1 Å². The van der Waals surface area contributed by atoms with Crippen LogP contribution in [0.3, 0.4) is 0 Å². The van der Waals surface area contributed by atoms with Gasteiger partial charge in [0.25, 0.3) is 0 Å². The number of carbonyl (C=O) groups excluding carboxylic acids is 1. The van der Waals surface area contributed by atoms with Crippen molar-refractivity contribution in [2.75, 3.05) is 6.61 Å².